The number of hydrogen-bond donors (Lipinski definition) is 1. The Morgan fingerprint density at radius 3 is 2.00 bits per heavy atom. The minimum Gasteiger partial charge on any atom is -0.372 e. The first-order chi connectivity index (χ1) is 10.7. The van der Waals surface area contributed by atoms with Crippen LogP contribution in [0.25, 0.3) is 0 Å². The van der Waals surface area contributed by atoms with Crippen LogP contribution in [0.2, 0.25) is 5.02 Å². The molecule has 0 heterocycles. The molecule has 1 atom stereocenters. The summed E-state index contributed by atoms with van der Waals surface area (Å²) in [6.07, 6.45) is 5.23. The molecular weight excluding hydrogens is 382 g/mol. The lowest BCUT2D eigenvalue weighted by molar-refractivity contribution is -1.63. The van der Waals surface area contributed by atoms with Gasteiger partial charge in [0.15, 0.2) is 0 Å². The van der Waals surface area contributed by atoms with Crippen molar-refractivity contribution in [2.75, 3.05) is 14.1 Å². The quantitative estimate of drug-likeness (QED) is 0.806. The number of likely N-dealkylation sites (N-methyl/N-ethyl adjacent to an activating group) is 1. The van der Waals surface area contributed by atoms with Crippen LogP contribution in [0.4, 0.5) is 0 Å². The van der Waals surface area contributed by atoms with Crippen LogP contribution < -0.4 is 8.40 Å². The van der Waals surface area contributed by atoms with Crippen LogP contribution in [0.1, 0.15) is 45.1 Å². The van der Waals surface area contributed by atoms with Crippen LogP contribution in [-0.4, -0.2) is 29.2 Å². The summed E-state index contributed by atoms with van der Waals surface area (Å²) in [7, 11) is 4.45. The van der Waals surface area contributed by atoms with E-state index in [2.05, 4.69) is 45.0 Å². The molecule has 1 fully saturated rings. The Hall–Kier alpha value is -0.170. The molecule has 1 aromatic carbocycles. The van der Waals surface area contributed by atoms with Crippen molar-refractivity contribution in [3.8, 4) is 0 Å². The molecule has 0 aliphatic heterocycles. The Balaban J connectivity index is 0.000000593. The number of rotatable bonds is 5. The van der Waals surface area contributed by atoms with Crippen molar-refractivity contribution >= 4 is 11.6 Å². The third-order valence-electron chi connectivity index (χ3n) is 4.62. The lowest BCUT2D eigenvalue weighted by Gasteiger charge is -2.51. The predicted molar refractivity (Wildman–Crippen MR) is 86.1 cm³/mol. The van der Waals surface area contributed by atoms with Gasteiger partial charge in [-0.3, -0.25) is 0 Å². The summed E-state index contributed by atoms with van der Waals surface area (Å²) < 4.78 is 24.3. The van der Waals surface area contributed by atoms with Gasteiger partial charge in [-0.2, -0.15) is 0 Å². The molecule has 0 spiro atoms. The van der Waals surface area contributed by atoms with Crippen molar-refractivity contribution < 1.29 is 27.4 Å². The summed E-state index contributed by atoms with van der Waals surface area (Å²) >= 11 is 2.64. The van der Waals surface area contributed by atoms with Crippen molar-refractivity contribution in [1.29, 1.82) is 0 Å². The molecule has 0 radical (unpaired) electrons. The molecule has 1 N–H and O–H groups in total. The van der Waals surface area contributed by atoms with Gasteiger partial charge in [0.05, 0.1) is 0 Å². The standard InChI is InChI=1S/C17H26ClN.BrHO3/c1-13(2)12-16(19(3)4)17(10-5-11-17)14-6-8-15(18)9-7-14;2-1(3)4/h6-9,13,16H,5,10-12H2,1-4H3;2H. The molecule has 0 aromatic heterocycles. The predicted octanol–water partition coefficient (Wildman–Crippen LogP) is 1.80. The zero-order valence-electron chi connectivity index (χ0n) is 14.3. The molecule has 4 nitrogen and oxygen atoms in total. The zero-order valence-corrected chi connectivity index (χ0v) is 16.6. The van der Waals surface area contributed by atoms with Gasteiger partial charge in [0, 0.05) is 16.5 Å². The van der Waals surface area contributed by atoms with Gasteiger partial charge in [0.1, 0.15) is 0 Å². The monoisotopic (exact) mass is 407 g/mol. The van der Waals surface area contributed by atoms with Crippen LogP contribution in [-0.2, 0) is 5.41 Å². The Morgan fingerprint density at radius 2 is 1.70 bits per heavy atom. The maximum absolute atomic E-state index is 8.63. The van der Waals surface area contributed by atoms with E-state index in [0.717, 1.165) is 10.9 Å². The van der Waals surface area contributed by atoms with Gasteiger partial charge >= 0.3 is 14.8 Å². The van der Waals surface area contributed by atoms with E-state index < -0.39 is 14.8 Å². The van der Waals surface area contributed by atoms with Gasteiger partial charge < -0.3 is 13.3 Å². The van der Waals surface area contributed by atoms with E-state index in [1.807, 2.05) is 12.1 Å². The van der Waals surface area contributed by atoms with E-state index in [4.69, 9.17) is 24.2 Å². The van der Waals surface area contributed by atoms with Crippen molar-refractivity contribution in [3.63, 3.8) is 0 Å². The highest BCUT2D eigenvalue weighted by atomic mass is 80.0. The lowest BCUT2D eigenvalue weighted by Crippen LogP contribution is -2.52. The second-order valence-corrected chi connectivity index (χ2v) is 8.11. The van der Waals surface area contributed by atoms with Crippen LogP contribution >= 0.6 is 11.6 Å². The molecular formula is C17H27BrClNO3. The maximum Gasteiger partial charge on any atom is 0.433 e. The smallest absolute Gasteiger partial charge is 0.372 e. The summed E-state index contributed by atoms with van der Waals surface area (Å²) in [5.74, 6) is 0.733. The molecule has 1 aliphatic carbocycles. The summed E-state index contributed by atoms with van der Waals surface area (Å²) in [5.41, 5.74) is 1.82. The molecule has 0 amide bonds. The highest BCUT2D eigenvalue weighted by Gasteiger charge is 2.46. The van der Waals surface area contributed by atoms with Crippen LogP contribution in [0.15, 0.2) is 24.3 Å². The largest absolute Gasteiger partial charge is 0.433 e. The molecule has 0 bridgehead atoms. The Morgan fingerprint density at radius 1 is 1.22 bits per heavy atom. The highest BCUT2D eigenvalue weighted by molar-refractivity contribution is 6.30. The molecule has 1 aromatic rings. The van der Waals surface area contributed by atoms with Gasteiger partial charge in [-0.25, -0.2) is 0 Å². The molecule has 2 rings (SSSR count). The first kappa shape index (κ1) is 20.9. The van der Waals surface area contributed by atoms with Crippen molar-refractivity contribution in [3.05, 3.63) is 34.9 Å². The average Bonchev–Trinajstić information content (AvgIpc) is 2.37. The summed E-state index contributed by atoms with van der Waals surface area (Å²) in [6.45, 7) is 4.65. The van der Waals surface area contributed by atoms with Crippen molar-refractivity contribution in [1.82, 2.24) is 4.90 Å². The third-order valence-corrected chi connectivity index (χ3v) is 4.87. The topological polar surface area (TPSA) is 69.6 Å². The summed E-state index contributed by atoms with van der Waals surface area (Å²) in [5, 5.41) is 0.837. The SMILES string of the molecule is CC(C)CC(N(C)C)C1(c2ccc(Cl)cc2)CCC1.[O-][Br+2]([O-])O. The minimum absolute atomic E-state index is 0.346. The van der Waals surface area contributed by atoms with Gasteiger partial charge in [-0.15, -0.1) is 0 Å². The van der Waals surface area contributed by atoms with Gasteiger partial charge in [0.25, 0.3) is 0 Å². The first-order valence-electron chi connectivity index (χ1n) is 7.86. The Labute approximate surface area is 149 Å². The minimum atomic E-state index is -3.40. The molecule has 0 saturated heterocycles. The van der Waals surface area contributed by atoms with Crippen molar-refractivity contribution in [2.24, 2.45) is 5.92 Å². The second kappa shape index (κ2) is 9.35. The van der Waals surface area contributed by atoms with Gasteiger partial charge in [-0.1, -0.05) is 44.0 Å². The zero-order chi connectivity index (χ0) is 17.6. The average molecular weight is 409 g/mol. The summed E-state index contributed by atoms with van der Waals surface area (Å²) in [6, 6.07) is 9.18. The number of nitrogens with zero attached hydrogens (tertiary/aromatic N) is 1. The fourth-order valence-corrected chi connectivity index (χ4v) is 3.66. The highest BCUT2D eigenvalue weighted by Crippen LogP contribution is 2.49. The number of hydrogen-bond acceptors (Lipinski definition) is 4. The molecule has 6 heteroatoms. The van der Waals surface area contributed by atoms with E-state index in [0.29, 0.717) is 11.5 Å². The van der Waals surface area contributed by atoms with E-state index in [9.17, 15) is 0 Å². The Bertz CT molecular complexity index is 459. The Kier molecular flexibility index (Phi) is 8.48. The molecule has 1 saturated carbocycles. The normalized spacial score (nSPS) is 17.7. The van der Waals surface area contributed by atoms with E-state index in [1.165, 1.54) is 31.2 Å². The fourth-order valence-electron chi connectivity index (χ4n) is 3.53. The number of halogens is 2. The van der Waals surface area contributed by atoms with E-state index in [-0.39, 0.29) is 0 Å². The lowest BCUT2D eigenvalue weighted by atomic mass is 9.58. The molecule has 1 unspecified atom stereocenters. The third kappa shape index (κ3) is 6.00. The summed E-state index contributed by atoms with van der Waals surface area (Å²) in [4.78, 5) is 2.42. The van der Waals surface area contributed by atoms with Crippen molar-refractivity contribution in [2.45, 2.75) is 51.0 Å². The van der Waals surface area contributed by atoms with Crippen LogP contribution in [0.5, 0.6) is 0 Å². The first-order valence-corrected chi connectivity index (χ1v) is 10.2. The molecule has 132 valence electrons. The van der Waals surface area contributed by atoms with E-state index in [1.54, 1.807) is 0 Å². The maximum atomic E-state index is 8.63. The number of benzene rings is 1. The van der Waals surface area contributed by atoms with E-state index >= 15 is 0 Å². The molecule has 1 aliphatic rings. The van der Waals surface area contributed by atoms with Crippen LogP contribution in [0, 0.1) is 20.7 Å². The van der Waals surface area contributed by atoms with Gasteiger partial charge in [-0.05, 0) is 61.2 Å². The fraction of sp³-hybridized carbons (Fsp3) is 0.647. The van der Waals surface area contributed by atoms with Gasteiger partial charge in [0.2, 0.25) is 0 Å². The molecule has 23 heavy (non-hydrogen) atoms. The van der Waals surface area contributed by atoms with Crippen LogP contribution in [0.3, 0.4) is 0 Å². The second-order valence-electron chi connectivity index (χ2n) is 6.83.